The maximum atomic E-state index is 13.5. The number of rotatable bonds is 4. The van der Waals surface area contributed by atoms with Gasteiger partial charge in [-0.05, 0) is 37.8 Å². The van der Waals surface area contributed by atoms with E-state index < -0.39 is 6.17 Å². The van der Waals surface area contributed by atoms with Crippen molar-refractivity contribution in [1.29, 1.82) is 0 Å². The van der Waals surface area contributed by atoms with E-state index in [9.17, 15) is 4.39 Å². The van der Waals surface area contributed by atoms with Crippen LogP contribution in [-0.2, 0) is 6.42 Å². The molecule has 0 radical (unpaired) electrons. The third-order valence-electron chi connectivity index (χ3n) is 3.24. The molecule has 1 saturated carbocycles. The summed E-state index contributed by atoms with van der Waals surface area (Å²) in [7, 11) is 1.61. The number of hydrogen-bond acceptors (Lipinski definition) is 2. The molecule has 1 fully saturated rings. The Kier molecular flexibility index (Phi) is 2.89. The first-order valence-electron chi connectivity index (χ1n) is 5.64. The second-order valence-corrected chi connectivity index (χ2v) is 4.68. The first kappa shape index (κ1) is 11.4. The van der Waals surface area contributed by atoms with Crippen molar-refractivity contribution >= 4 is 0 Å². The summed E-state index contributed by atoms with van der Waals surface area (Å²) in [6, 6.07) is 5.51. The van der Waals surface area contributed by atoms with Crippen LogP contribution in [0, 0.1) is 0 Å². The molecule has 1 aliphatic carbocycles. The van der Waals surface area contributed by atoms with Crippen LogP contribution in [0.5, 0.6) is 5.75 Å². The van der Waals surface area contributed by atoms with Gasteiger partial charge >= 0.3 is 0 Å². The molecule has 2 rings (SSSR count). The van der Waals surface area contributed by atoms with Crippen LogP contribution in [-0.4, -0.2) is 12.6 Å². The molecule has 1 unspecified atom stereocenters. The van der Waals surface area contributed by atoms with Crippen LogP contribution < -0.4 is 10.5 Å². The Morgan fingerprint density at radius 1 is 1.50 bits per heavy atom. The highest BCUT2D eigenvalue weighted by Gasteiger charge is 2.39. The third-order valence-corrected chi connectivity index (χ3v) is 3.24. The molecule has 0 amide bonds. The van der Waals surface area contributed by atoms with E-state index in [1.54, 1.807) is 14.0 Å². The molecule has 0 saturated heterocycles. The molecule has 0 spiro atoms. The van der Waals surface area contributed by atoms with Gasteiger partial charge in [-0.2, -0.15) is 0 Å². The minimum absolute atomic E-state index is 0.127. The van der Waals surface area contributed by atoms with Gasteiger partial charge < -0.3 is 10.5 Å². The highest BCUT2D eigenvalue weighted by atomic mass is 19.1. The number of methoxy groups -OCH3 is 1. The molecular formula is C13H18FNO. The van der Waals surface area contributed by atoms with E-state index >= 15 is 0 Å². The Labute approximate surface area is 95.6 Å². The molecule has 2 N–H and O–H groups in total. The number of hydrogen-bond donors (Lipinski definition) is 1. The van der Waals surface area contributed by atoms with Gasteiger partial charge in [0.15, 0.2) is 0 Å². The van der Waals surface area contributed by atoms with E-state index in [2.05, 4.69) is 0 Å². The van der Waals surface area contributed by atoms with E-state index in [4.69, 9.17) is 10.5 Å². The molecule has 0 heterocycles. The minimum atomic E-state index is -0.979. The summed E-state index contributed by atoms with van der Waals surface area (Å²) in [6.07, 6.45) is 1.77. The predicted octanol–water partition coefficient (Wildman–Crippen LogP) is 2.76. The zero-order chi connectivity index (χ0) is 11.8. The molecule has 88 valence electrons. The standard InChI is InChI=1S/C13H18FNO/c1-9(14)10-4-3-5-12(16-2)11(10)8-13(15)6-7-13/h3-5,9H,6-8,15H2,1-2H3. The molecule has 1 aromatic rings. The van der Waals surface area contributed by atoms with Gasteiger partial charge in [-0.3, -0.25) is 0 Å². The van der Waals surface area contributed by atoms with Gasteiger partial charge in [0, 0.05) is 11.1 Å². The van der Waals surface area contributed by atoms with Gasteiger partial charge in [0.05, 0.1) is 7.11 Å². The van der Waals surface area contributed by atoms with Gasteiger partial charge in [-0.15, -0.1) is 0 Å². The number of ether oxygens (including phenoxy) is 1. The van der Waals surface area contributed by atoms with Crippen LogP contribution in [0.2, 0.25) is 0 Å². The van der Waals surface area contributed by atoms with E-state index in [1.807, 2.05) is 18.2 Å². The average molecular weight is 223 g/mol. The predicted molar refractivity (Wildman–Crippen MR) is 62.4 cm³/mol. The largest absolute Gasteiger partial charge is 0.496 e. The number of halogens is 1. The van der Waals surface area contributed by atoms with Crippen molar-refractivity contribution in [3.05, 3.63) is 29.3 Å². The normalized spacial score (nSPS) is 19.2. The summed E-state index contributed by atoms with van der Waals surface area (Å²) in [5, 5.41) is 0. The first-order chi connectivity index (χ1) is 7.56. The fraction of sp³-hybridized carbons (Fsp3) is 0.538. The quantitative estimate of drug-likeness (QED) is 0.851. The van der Waals surface area contributed by atoms with E-state index in [-0.39, 0.29) is 5.54 Å². The van der Waals surface area contributed by atoms with Gasteiger partial charge in [0.1, 0.15) is 11.9 Å². The molecule has 0 bridgehead atoms. The highest BCUT2D eigenvalue weighted by Crippen LogP contribution is 2.40. The lowest BCUT2D eigenvalue weighted by Crippen LogP contribution is -2.25. The van der Waals surface area contributed by atoms with Crippen LogP contribution in [0.25, 0.3) is 0 Å². The minimum Gasteiger partial charge on any atom is -0.496 e. The van der Waals surface area contributed by atoms with Crippen molar-refractivity contribution in [2.75, 3.05) is 7.11 Å². The Bertz CT molecular complexity index is 386. The summed E-state index contributed by atoms with van der Waals surface area (Å²) < 4.78 is 18.8. The fourth-order valence-electron chi connectivity index (χ4n) is 2.03. The Morgan fingerprint density at radius 2 is 2.19 bits per heavy atom. The van der Waals surface area contributed by atoms with Gasteiger partial charge in [-0.1, -0.05) is 12.1 Å². The smallest absolute Gasteiger partial charge is 0.123 e. The maximum Gasteiger partial charge on any atom is 0.123 e. The SMILES string of the molecule is COc1cccc(C(C)F)c1CC1(N)CC1. The summed E-state index contributed by atoms with van der Waals surface area (Å²) >= 11 is 0. The van der Waals surface area contributed by atoms with Crippen molar-refractivity contribution in [3.63, 3.8) is 0 Å². The van der Waals surface area contributed by atoms with Crippen LogP contribution in [0.1, 0.15) is 37.1 Å². The zero-order valence-corrected chi connectivity index (χ0v) is 9.79. The lowest BCUT2D eigenvalue weighted by molar-refractivity contribution is 0.363. The molecule has 1 atom stereocenters. The monoisotopic (exact) mass is 223 g/mol. The highest BCUT2D eigenvalue weighted by molar-refractivity contribution is 5.43. The maximum absolute atomic E-state index is 13.5. The molecule has 2 nitrogen and oxygen atoms in total. The zero-order valence-electron chi connectivity index (χ0n) is 9.79. The molecule has 16 heavy (non-hydrogen) atoms. The van der Waals surface area contributed by atoms with Crippen LogP contribution >= 0.6 is 0 Å². The molecule has 0 aliphatic heterocycles. The number of alkyl halides is 1. The molecule has 1 aromatic carbocycles. The van der Waals surface area contributed by atoms with Gasteiger partial charge in [0.25, 0.3) is 0 Å². The molecule has 1 aliphatic rings. The third kappa shape index (κ3) is 2.19. The van der Waals surface area contributed by atoms with Gasteiger partial charge in [-0.25, -0.2) is 4.39 Å². The lowest BCUT2D eigenvalue weighted by atomic mass is 9.96. The Balaban J connectivity index is 2.37. The number of benzene rings is 1. The second kappa shape index (κ2) is 4.06. The Hall–Kier alpha value is -1.09. The fourth-order valence-corrected chi connectivity index (χ4v) is 2.03. The Morgan fingerprint density at radius 3 is 2.69 bits per heavy atom. The second-order valence-electron chi connectivity index (χ2n) is 4.68. The van der Waals surface area contributed by atoms with E-state index in [1.165, 1.54) is 0 Å². The van der Waals surface area contributed by atoms with Crippen molar-refractivity contribution in [1.82, 2.24) is 0 Å². The number of nitrogens with two attached hydrogens (primary N) is 1. The van der Waals surface area contributed by atoms with Crippen LogP contribution in [0.3, 0.4) is 0 Å². The van der Waals surface area contributed by atoms with Crippen LogP contribution in [0.15, 0.2) is 18.2 Å². The summed E-state index contributed by atoms with van der Waals surface area (Å²) in [5.41, 5.74) is 7.60. The summed E-state index contributed by atoms with van der Waals surface area (Å²) in [6.45, 7) is 1.55. The molecule has 0 aromatic heterocycles. The van der Waals surface area contributed by atoms with Crippen molar-refractivity contribution < 1.29 is 9.13 Å². The molecule has 3 heteroatoms. The van der Waals surface area contributed by atoms with Crippen molar-refractivity contribution in [2.45, 2.75) is 37.9 Å². The van der Waals surface area contributed by atoms with Gasteiger partial charge in [0.2, 0.25) is 0 Å². The average Bonchev–Trinajstić information content (AvgIpc) is 2.96. The van der Waals surface area contributed by atoms with E-state index in [0.717, 1.165) is 24.2 Å². The summed E-state index contributed by atoms with van der Waals surface area (Å²) in [5.74, 6) is 0.749. The summed E-state index contributed by atoms with van der Waals surface area (Å²) in [4.78, 5) is 0. The lowest BCUT2D eigenvalue weighted by Gasteiger charge is -2.17. The first-order valence-corrected chi connectivity index (χ1v) is 5.64. The molecular weight excluding hydrogens is 205 g/mol. The van der Waals surface area contributed by atoms with Crippen molar-refractivity contribution in [2.24, 2.45) is 5.73 Å². The van der Waals surface area contributed by atoms with Crippen molar-refractivity contribution in [3.8, 4) is 5.75 Å². The topological polar surface area (TPSA) is 35.2 Å². The van der Waals surface area contributed by atoms with E-state index in [0.29, 0.717) is 12.0 Å². The van der Waals surface area contributed by atoms with Crippen LogP contribution in [0.4, 0.5) is 4.39 Å².